The molecule has 4 aromatic heterocycles. The molecule has 0 aliphatic heterocycles. The van der Waals surface area contributed by atoms with Crippen molar-refractivity contribution in [3.05, 3.63) is 95.3 Å². The standard InChI is InChI=1S/C32H28N6OS/c1-18-26-12-20(7-9-29(26)37-35-18)28-14-24(15-34-32(28)21-8-10-30-27(13-21)19(2)36-38-30)39-16-23(33)11-22-17-40-31-6-4-3-5-25(22)31/h3-10,12-15,17,23H,11,16,33H2,1-2H3,(H,35,37)(H,36,38)/t23-/m0/s1. The van der Waals surface area contributed by atoms with Gasteiger partial charge in [0.1, 0.15) is 12.4 Å². The van der Waals surface area contributed by atoms with Crippen molar-refractivity contribution >= 4 is 43.2 Å². The number of nitrogens with one attached hydrogen (secondary N) is 2. The van der Waals surface area contributed by atoms with E-state index in [9.17, 15) is 0 Å². The Bertz CT molecular complexity index is 2000. The van der Waals surface area contributed by atoms with Crippen LogP contribution in [0.5, 0.6) is 5.75 Å². The molecule has 0 bridgehead atoms. The summed E-state index contributed by atoms with van der Waals surface area (Å²) in [6.45, 7) is 4.41. The number of aromatic nitrogens is 5. The fourth-order valence-corrected chi connectivity index (χ4v) is 6.29. The second-order valence-electron chi connectivity index (χ2n) is 10.2. The number of hydrogen-bond acceptors (Lipinski definition) is 6. The number of fused-ring (bicyclic) bond motifs is 3. The molecule has 0 fully saturated rings. The fourth-order valence-electron chi connectivity index (χ4n) is 5.32. The van der Waals surface area contributed by atoms with E-state index in [1.165, 1.54) is 15.6 Å². The van der Waals surface area contributed by atoms with Crippen LogP contribution in [0.4, 0.5) is 0 Å². The Kier molecular flexibility index (Phi) is 6.06. The lowest BCUT2D eigenvalue weighted by molar-refractivity contribution is 0.287. The van der Waals surface area contributed by atoms with Crippen molar-refractivity contribution in [3.63, 3.8) is 0 Å². The Morgan fingerprint density at radius 3 is 2.33 bits per heavy atom. The van der Waals surface area contributed by atoms with Crippen LogP contribution in [-0.2, 0) is 6.42 Å². The number of aromatic amines is 2. The monoisotopic (exact) mass is 544 g/mol. The summed E-state index contributed by atoms with van der Waals surface area (Å²) in [5.41, 5.74) is 15.7. The third-order valence-corrected chi connectivity index (χ3v) is 8.47. The molecular formula is C32H28N6OS. The third kappa shape index (κ3) is 4.41. The summed E-state index contributed by atoms with van der Waals surface area (Å²) in [6.07, 6.45) is 2.54. The second-order valence-corrected chi connectivity index (χ2v) is 11.1. The van der Waals surface area contributed by atoms with E-state index in [1.54, 1.807) is 17.5 Å². The first-order valence-electron chi connectivity index (χ1n) is 13.3. The van der Waals surface area contributed by atoms with Gasteiger partial charge >= 0.3 is 0 Å². The van der Waals surface area contributed by atoms with Crippen molar-refractivity contribution in [2.24, 2.45) is 5.73 Å². The molecular weight excluding hydrogens is 516 g/mol. The van der Waals surface area contributed by atoms with Gasteiger partial charge in [-0.15, -0.1) is 11.3 Å². The molecule has 40 heavy (non-hydrogen) atoms. The number of ether oxygens (including phenoxy) is 1. The molecule has 0 amide bonds. The topological polar surface area (TPSA) is 105 Å². The smallest absolute Gasteiger partial charge is 0.138 e. The Labute approximate surface area is 235 Å². The first-order chi connectivity index (χ1) is 19.5. The molecule has 3 aromatic carbocycles. The molecule has 4 heterocycles. The van der Waals surface area contributed by atoms with Crippen molar-refractivity contribution in [1.82, 2.24) is 25.4 Å². The number of aryl methyl sites for hydroxylation is 2. The Hall–Kier alpha value is -4.53. The van der Waals surface area contributed by atoms with Crippen LogP contribution in [0.1, 0.15) is 17.0 Å². The van der Waals surface area contributed by atoms with E-state index in [2.05, 4.69) is 92.5 Å². The summed E-state index contributed by atoms with van der Waals surface area (Å²) < 4.78 is 7.52. The highest BCUT2D eigenvalue weighted by molar-refractivity contribution is 7.17. The quantitative estimate of drug-likeness (QED) is 0.201. The van der Waals surface area contributed by atoms with Gasteiger partial charge in [-0.25, -0.2) is 0 Å². The van der Waals surface area contributed by atoms with Crippen molar-refractivity contribution in [2.75, 3.05) is 6.61 Å². The molecule has 8 heteroatoms. The molecule has 7 nitrogen and oxygen atoms in total. The molecule has 0 aliphatic rings. The predicted molar refractivity (Wildman–Crippen MR) is 163 cm³/mol. The minimum atomic E-state index is -0.141. The maximum absolute atomic E-state index is 6.54. The van der Waals surface area contributed by atoms with E-state index in [-0.39, 0.29) is 6.04 Å². The molecule has 7 aromatic rings. The SMILES string of the molecule is Cc1n[nH]c2ccc(-c3cc(OC[C@@H](N)Cc4csc5ccccc45)cnc3-c3ccc4[nH]nc(C)c4c3)cc12. The third-order valence-electron chi connectivity index (χ3n) is 7.46. The van der Waals surface area contributed by atoms with Crippen molar-refractivity contribution < 1.29 is 4.74 Å². The second kappa shape index (κ2) is 9.89. The van der Waals surface area contributed by atoms with E-state index >= 15 is 0 Å². The Balaban J connectivity index is 1.22. The fraction of sp³-hybridized carbons (Fsp3) is 0.156. The summed E-state index contributed by atoms with van der Waals surface area (Å²) >= 11 is 1.75. The van der Waals surface area contributed by atoms with Crippen LogP contribution in [0, 0.1) is 13.8 Å². The molecule has 1 atom stereocenters. The average Bonchev–Trinajstić information content (AvgIpc) is 3.68. The van der Waals surface area contributed by atoms with Gasteiger partial charge in [0, 0.05) is 32.6 Å². The van der Waals surface area contributed by atoms with Gasteiger partial charge in [0.25, 0.3) is 0 Å². The van der Waals surface area contributed by atoms with Gasteiger partial charge < -0.3 is 10.5 Å². The molecule has 0 radical (unpaired) electrons. The number of pyridine rings is 1. The highest BCUT2D eigenvalue weighted by atomic mass is 32.1. The summed E-state index contributed by atoms with van der Waals surface area (Å²) in [5, 5.41) is 20.6. The summed E-state index contributed by atoms with van der Waals surface area (Å²) in [6, 6.07) is 23.0. The largest absolute Gasteiger partial charge is 0.490 e. The highest BCUT2D eigenvalue weighted by Gasteiger charge is 2.16. The zero-order valence-electron chi connectivity index (χ0n) is 22.2. The normalized spacial score (nSPS) is 12.5. The van der Waals surface area contributed by atoms with Gasteiger partial charge in [0.2, 0.25) is 0 Å². The lowest BCUT2D eigenvalue weighted by Crippen LogP contribution is -2.30. The highest BCUT2D eigenvalue weighted by Crippen LogP contribution is 2.36. The van der Waals surface area contributed by atoms with Gasteiger partial charge in [0.15, 0.2) is 0 Å². The van der Waals surface area contributed by atoms with Gasteiger partial charge in [-0.2, -0.15) is 10.2 Å². The zero-order valence-corrected chi connectivity index (χ0v) is 23.0. The molecule has 0 saturated carbocycles. The van der Waals surface area contributed by atoms with Crippen LogP contribution in [0.15, 0.2) is 78.3 Å². The molecule has 0 unspecified atom stereocenters. The van der Waals surface area contributed by atoms with Crippen LogP contribution in [0.2, 0.25) is 0 Å². The minimum Gasteiger partial charge on any atom is -0.490 e. The maximum atomic E-state index is 6.54. The zero-order chi connectivity index (χ0) is 27.2. The predicted octanol–water partition coefficient (Wildman–Crippen LogP) is 6.95. The number of thiophene rings is 1. The van der Waals surface area contributed by atoms with Crippen LogP contribution < -0.4 is 10.5 Å². The van der Waals surface area contributed by atoms with Gasteiger partial charge in [-0.05, 0) is 78.6 Å². The number of H-pyrrole nitrogens is 2. The first kappa shape index (κ1) is 24.5. The Morgan fingerprint density at radius 2 is 1.55 bits per heavy atom. The van der Waals surface area contributed by atoms with Crippen LogP contribution in [0.3, 0.4) is 0 Å². The number of nitrogens with zero attached hydrogens (tertiary/aromatic N) is 3. The van der Waals surface area contributed by atoms with E-state index < -0.39 is 0 Å². The molecule has 0 saturated heterocycles. The maximum Gasteiger partial charge on any atom is 0.138 e. The number of benzene rings is 3. The van der Waals surface area contributed by atoms with Gasteiger partial charge in [-0.3, -0.25) is 15.2 Å². The van der Waals surface area contributed by atoms with Crippen molar-refractivity contribution in [1.29, 1.82) is 0 Å². The Morgan fingerprint density at radius 1 is 0.850 bits per heavy atom. The van der Waals surface area contributed by atoms with E-state index in [1.807, 2.05) is 13.8 Å². The number of nitrogens with two attached hydrogens (primary N) is 1. The number of rotatable bonds is 7. The molecule has 198 valence electrons. The molecule has 4 N–H and O–H groups in total. The average molecular weight is 545 g/mol. The first-order valence-corrected chi connectivity index (χ1v) is 14.2. The molecule has 7 rings (SSSR count). The summed E-state index contributed by atoms with van der Waals surface area (Å²) in [4.78, 5) is 4.91. The summed E-state index contributed by atoms with van der Waals surface area (Å²) in [7, 11) is 0. The van der Waals surface area contributed by atoms with Gasteiger partial charge in [-0.1, -0.05) is 30.3 Å². The summed E-state index contributed by atoms with van der Waals surface area (Å²) in [5.74, 6) is 0.689. The minimum absolute atomic E-state index is 0.141. The lowest BCUT2D eigenvalue weighted by atomic mass is 9.97. The molecule has 0 aliphatic carbocycles. The lowest BCUT2D eigenvalue weighted by Gasteiger charge is -2.16. The molecule has 0 spiro atoms. The van der Waals surface area contributed by atoms with Crippen LogP contribution in [-0.4, -0.2) is 38.0 Å². The van der Waals surface area contributed by atoms with E-state index in [4.69, 9.17) is 15.5 Å². The van der Waals surface area contributed by atoms with Gasteiger partial charge in [0.05, 0.1) is 34.3 Å². The van der Waals surface area contributed by atoms with E-state index in [0.29, 0.717) is 12.4 Å². The van der Waals surface area contributed by atoms with E-state index in [0.717, 1.165) is 62.0 Å². The van der Waals surface area contributed by atoms with Crippen molar-refractivity contribution in [2.45, 2.75) is 26.3 Å². The van der Waals surface area contributed by atoms with Crippen LogP contribution in [0.25, 0.3) is 54.3 Å². The van der Waals surface area contributed by atoms with Crippen molar-refractivity contribution in [3.8, 4) is 28.1 Å². The number of hydrogen-bond donors (Lipinski definition) is 3. The van der Waals surface area contributed by atoms with Crippen LogP contribution >= 0.6 is 11.3 Å².